The largest absolute Gasteiger partial charge is 0.466 e. The summed E-state index contributed by atoms with van der Waals surface area (Å²) in [6.07, 6.45) is 51.9. The molecule has 4 fully saturated rings. The van der Waals surface area contributed by atoms with Gasteiger partial charge in [0.1, 0.15) is 0 Å². The third-order valence-corrected chi connectivity index (χ3v) is 21.5. The highest BCUT2D eigenvalue weighted by atomic mass is 16.6. The number of carbonyl (C=O) groups is 8. The molecule has 0 saturated heterocycles. The first-order valence-corrected chi connectivity index (χ1v) is 42.3. The maximum Gasteiger partial charge on any atom is 0.307 e. The van der Waals surface area contributed by atoms with Gasteiger partial charge in [0.2, 0.25) is 0 Å². The van der Waals surface area contributed by atoms with Crippen LogP contribution in [0.3, 0.4) is 0 Å². The lowest BCUT2D eigenvalue weighted by molar-refractivity contribution is -0.146. The Hall–Kier alpha value is -4.36. The standard InChI is InChI=1S/C83H147N3O16/c1-84(52-38-54-85(56-48-76(87)95-60-30-10-2-6-14-34-64-99-80(91)68-72-40-22-18-23-41-72)57-49-77(88)96-61-31-11-3-7-15-35-65-100-81(92)69-73-42-24-19-25-43-73)53-39-55-86(58-50-78(89)97-62-32-12-4-8-16-36-66-101-82(93)70-74-44-26-20-27-45-74)59-51-79(90)98-63-33-13-5-9-17-37-67-102-83(94)71-75-46-28-21-29-47-75/h72-75H,2-71H2,1H3. The molecule has 0 bridgehead atoms. The van der Waals surface area contributed by atoms with Crippen molar-refractivity contribution in [2.75, 3.05) is 112 Å². The molecule has 0 aromatic heterocycles. The molecule has 0 atom stereocenters. The monoisotopic (exact) mass is 1440 g/mol. The van der Waals surface area contributed by atoms with E-state index >= 15 is 0 Å². The summed E-state index contributed by atoms with van der Waals surface area (Å²) in [6.45, 7) is 8.37. The van der Waals surface area contributed by atoms with Crippen LogP contribution in [0, 0.1) is 23.7 Å². The molecule has 590 valence electrons. The number of hydrogen-bond donors (Lipinski definition) is 0. The van der Waals surface area contributed by atoms with E-state index in [2.05, 4.69) is 21.7 Å². The predicted octanol–water partition coefficient (Wildman–Crippen LogP) is 17.5. The molecule has 4 aliphatic rings. The quantitative estimate of drug-likeness (QED) is 0.0314. The minimum atomic E-state index is -0.240. The maximum absolute atomic E-state index is 13.0. The Morgan fingerprint density at radius 2 is 0.392 bits per heavy atom. The Kier molecular flexibility index (Phi) is 55.4. The molecule has 0 N–H and O–H groups in total. The number of ether oxygens (including phenoxy) is 8. The molecule has 19 heteroatoms. The molecule has 0 heterocycles. The topological polar surface area (TPSA) is 220 Å². The molecule has 0 aromatic carbocycles. The van der Waals surface area contributed by atoms with Crippen molar-refractivity contribution in [3.8, 4) is 0 Å². The number of carbonyl (C=O) groups excluding carboxylic acids is 8. The molecular weight excluding hydrogens is 1290 g/mol. The predicted molar refractivity (Wildman–Crippen MR) is 401 cm³/mol. The van der Waals surface area contributed by atoms with Crippen LogP contribution in [0.4, 0.5) is 0 Å². The highest BCUT2D eigenvalue weighted by molar-refractivity contribution is 5.72. The third kappa shape index (κ3) is 52.6. The fourth-order valence-corrected chi connectivity index (χ4v) is 15.1. The van der Waals surface area contributed by atoms with Crippen molar-refractivity contribution in [2.45, 2.75) is 347 Å². The molecule has 0 spiro atoms. The van der Waals surface area contributed by atoms with E-state index < -0.39 is 0 Å². The summed E-state index contributed by atoms with van der Waals surface area (Å²) >= 11 is 0. The number of hydrogen-bond acceptors (Lipinski definition) is 19. The van der Waals surface area contributed by atoms with Gasteiger partial charge in [-0.3, -0.25) is 38.4 Å². The van der Waals surface area contributed by atoms with Gasteiger partial charge < -0.3 is 52.6 Å². The van der Waals surface area contributed by atoms with E-state index in [1.807, 2.05) is 0 Å². The van der Waals surface area contributed by atoms with Crippen LogP contribution in [0.2, 0.25) is 0 Å². The van der Waals surface area contributed by atoms with Crippen LogP contribution >= 0.6 is 0 Å². The first-order chi connectivity index (χ1) is 49.9. The van der Waals surface area contributed by atoms with Crippen LogP contribution in [0.15, 0.2) is 0 Å². The SMILES string of the molecule is CN(CCCN(CCC(=O)OCCCCCCCCOC(=O)CC1CCCCC1)CCC(=O)OCCCCCCCCOC(=O)CC1CCCCC1)CCCN(CCC(=O)OCCCCCCCCOC(=O)CC1CCCCC1)CCC(=O)OCCCCCCCCOC(=O)CC1CCCCC1. The van der Waals surface area contributed by atoms with Gasteiger partial charge in [0.15, 0.2) is 0 Å². The van der Waals surface area contributed by atoms with Crippen molar-refractivity contribution >= 4 is 47.8 Å². The number of nitrogens with zero attached hydrogens (tertiary/aromatic N) is 3. The Morgan fingerprint density at radius 3 is 0.588 bits per heavy atom. The summed E-state index contributed by atoms with van der Waals surface area (Å²) in [4.78, 5) is 108. The first kappa shape index (κ1) is 90.0. The average Bonchev–Trinajstić information content (AvgIpc) is 1.33. The van der Waals surface area contributed by atoms with Gasteiger partial charge in [0.05, 0.1) is 78.5 Å². The summed E-state index contributed by atoms with van der Waals surface area (Å²) in [6, 6.07) is 0. The Labute approximate surface area is 618 Å². The molecule has 19 nitrogen and oxygen atoms in total. The zero-order chi connectivity index (χ0) is 72.8. The highest BCUT2D eigenvalue weighted by Crippen LogP contribution is 2.30. The van der Waals surface area contributed by atoms with Gasteiger partial charge in [-0.15, -0.1) is 0 Å². The van der Waals surface area contributed by atoms with E-state index in [-0.39, 0.29) is 73.4 Å². The zero-order valence-electron chi connectivity index (χ0n) is 64.7. The molecule has 0 radical (unpaired) electrons. The molecule has 4 rings (SSSR count). The van der Waals surface area contributed by atoms with E-state index in [0.717, 1.165) is 231 Å². The zero-order valence-corrected chi connectivity index (χ0v) is 64.7. The third-order valence-electron chi connectivity index (χ3n) is 21.5. The summed E-state index contributed by atoms with van der Waals surface area (Å²) in [5.41, 5.74) is 0. The van der Waals surface area contributed by atoms with E-state index in [1.165, 1.54) is 77.0 Å². The van der Waals surface area contributed by atoms with Crippen LogP contribution in [0.25, 0.3) is 0 Å². The van der Waals surface area contributed by atoms with E-state index in [9.17, 15) is 38.4 Å². The second-order valence-corrected chi connectivity index (χ2v) is 30.8. The van der Waals surface area contributed by atoms with Crippen molar-refractivity contribution in [1.82, 2.24) is 14.7 Å². The lowest BCUT2D eigenvalue weighted by atomic mass is 9.87. The van der Waals surface area contributed by atoms with Gasteiger partial charge in [0, 0.05) is 51.9 Å². The maximum atomic E-state index is 13.0. The van der Waals surface area contributed by atoms with Gasteiger partial charge in [-0.1, -0.05) is 180 Å². The summed E-state index contributed by atoms with van der Waals surface area (Å²) in [5.74, 6) is 0.817. The molecule has 102 heavy (non-hydrogen) atoms. The molecule has 0 aromatic rings. The Balaban J connectivity index is 1.14. The molecule has 0 amide bonds. The number of unbranched alkanes of at least 4 members (excludes halogenated alkanes) is 20. The summed E-state index contributed by atoms with van der Waals surface area (Å²) in [5, 5.41) is 0. The smallest absolute Gasteiger partial charge is 0.307 e. The van der Waals surface area contributed by atoms with Crippen molar-refractivity contribution in [3.05, 3.63) is 0 Å². The van der Waals surface area contributed by atoms with E-state index in [0.29, 0.717) is 141 Å². The summed E-state index contributed by atoms with van der Waals surface area (Å²) in [7, 11) is 2.09. The second-order valence-electron chi connectivity index (χ2n) is 30.8. The van der Waals surface area contributed by atoms with Crippen LogP contribution < -0.4 is 0 Å². The fraction of sp³-hybridized carbons (Fsp3) is 0.904. The number of esters is 8. The molecule has 0 aliphatic heterocycles. The van der Waals surface area contributed by atoms with Crippen LogP contribution in [0.5, 0.6) is 0 Å². The highest BCUT2D eigenvalue weighted by Gasteiger charge is 2.23. The van der Waals surface area contributed by atoms with E-state index in [4.69, 9.17) is 37.9 Å². The molecule has 4 saturated carbocycles. The molecule has 0 unspecified atom stereocenters. The minimum absolute atomic E-state index is 0.0509. The molecule has 4 aliphatic carbocycles. The minimum Gasteiger partial charge on any atom is -0.466 e. The van der Waals surface area contributed by atoms with Crippen LogP contribution in [-0.2, 0) is 76.3 Å². The van der Waals surface area contributed by atoms with Gasteiger partial charge >= 0.3 is 47.8 Å². The Morgan fingerprint density at radius 1 is 0.216 bits per heavy atom. The molecular formula is C83H147N3O16. The van der Waals surface area contributed by atoms with Crippen molar-refractivity contribution in [2.24, 2.45) is 23.7 Å². The van der Waals surface area contributed by atoms with E-state index in [1.54, 1.807) is 0 Å². The Bertz CT molecular complexity index is 1860. The number of rotatable bonds is 64. The van der Waals surface area contributed by atoms with Crippen molar-refractivity contribution in [3.63, 3.8) is 0 Å². The van der Waals surface area contributed by atoms with Gasteiger partial charge in [-0.2, -0.15) is 0 Å². The normalized spacial score (nSPS) is 15.7. The fourth-order valence-electron chi connectivity index (χ4n) is 15.1. The van der Waals surface area contributed by atoms with Crippen molar-refractivity contribution < 1.29 is 76.3 Å². The van der Waals surface area contributed by atoms with Gasteiger partial charge in [-0.05, 0) is 172 Å². The van der Waals surface area contributed by atoms with Crippen LogP contribution in [-0.4, -0.2) is 175 Å². The van der Waals surface area contributed by atoms with Crippen molar-refractivity contribution in [1.29, 1.82) is 0 Å². The second kappa shape index (κ2) is 62.8. The van der Waals surface area contributed by atoms with Gasteiger partial charge in [0.25, 0.3) is 0 Å². The lowest BCUT2D eigenvalue weighted by Crippen LogP contribution is -2.34. The van der Waals surface area contributed by atoms with Crippen LogP contribution in [0.1, 0.15) is 347 Å². The van der Waals surface area contributed by atoms with Gasteiger partial charge in [-0.25, -0.2) is 0 Å². The lowest BCUT2D eigenvalue weighted by Gasteiger charge is -2.25. The average molecular weight is 1440 g/mol. The first-order valence-electron chi connectivity index (χ1n) is 42.3. The summed E-state index contributed by atoms with van der Waals surface area (Å²) < 4.78 is 44.7.